The summed E-state index contributed by atoms with van der Waals surface area (Å²) < 4.78 is 10.3. The van der Waals surface area contributed by atoms with Crippen molar-refractivity contribution in [3.63, 3.8) is 0 Å². The zero-order chi connectivity index (χ0) is 7.23. The van der Waals surface area contributed by atoms with E-state index in [-0.39, 0.29) is 35.3 Å². The van der Waals surface area contributed by atoms with Crippen LogP contribution in [0, 0.1) is 12.3 Å². The number of hydrogen-bond acceptors (Lipinski definition) is 2. The van der Waals surface area contributed by atoms with E-state index in [0.29, 0.717) is 0 Å². The van der Waals surface area contributed by atoms with Crippen LogP contribution in [0.5, 0.6) is 0 Å². The van der Waals surface area contributed by atoms with E-state index in [9.17, 15) is 0 Å². The largest absolute Gasteiger partial charge is 1.00 e. The maximum absolute atomic E-state index is 6.59. The molecular formula is C8H11AgO2. The van der Waals surface area contributed by atoms with Gasteiger partial charge in [0, 0.05) is 6.61 Å². The van der Waals surface area contributed by atoms with E-state index in [1.165, 1.54) is 6.42 Å². The molecule has 1 saturated heterocycles. The molecule has 2 nitrogen and oxygen atoms in total. The van der Waals surface area contributed by atoms with E-state index in [0.717, 1.165) is 19.4 Å². The molecule has 0 aromatic rings. The summed E-state index contributed by atoms with van der Waals surface area (Å²) in [6.45, 7) is 1.05. The molecule has 0 aromatic heterocycles. The maximum Gasteiger partial charge on any atom is 1.00 e. The third-order valence-electron chi connectivity index (χ3n) is 1.48. The third-order valence-corrected chi connectivity index (χ3v) is 1.48. The Morgan fingerprint density at radius 1 is 1.55 bits per heavy atom. The quantitative estimate of drug-likeness (QED) is 0.413. The zero-order valence-electron chi connectivity index (χ0n) is 6.23. The average molecular weight is 247 g/mol. The standard InChI is InChI=1S/C8H11O2.Ag/c1-2-6-9-8-5-3-4-7-10-8;/h8H,3-7H2;/q-1;+1. The Morgan fingerprint density at radius 2 is 2.36 bits per heavy atom. The van der Waals surface area contributed by atoms with Crippen LogP contribution < -0.4 is 0 Å². The second kappa shape index (κ2) is 6.90. The second-order valence-electron chi connectivity index (χ2n) is 2.28. The van der Waals surface area contributed by atoms with Crippen molar-refractivity contribution in [1.29, 1.82) is 0 Å². The molecule has 0 aliphatic carbocycles. The van der Waals surface area contributed by atoms with Gasteiger partial charge in [-0.05, 0) is 19.3 Å². The summed E-state index contributed by atoms with van der Waals surface area (Å²) in [7, 11) is 0. The van der Waals surface area contributed by atoms with Gasteiger partial charge >= 0.3 is 22.4 Å². The molecule has 0 amide bonds. The van der Waals surface area contributed by atoms with E-state index >= 15 is 0 Å². The number of ether oxygens (including phenoxy) is 2. The monoisotopic (exact) mass is 246 g/mol. The topological polar surface area (TPSA) is 18.5 Å². The molecule has 3 heteroatoms. The maximum atomic E-state index is 6.59. The molecule has 1 fully saturated rings. The van der Waals surface area contributed by atoms with Gasteiger partial charge in [-0.15, -0.1) is 0 Å². The molecular weight excluding hydrogens is 236 g/mol. The van der Waals surface area contributed by atoms with E-state index in [1.807, 2.05) is 0 Å². The minimum absolute atomic E-state index is 0. The van der Waals surface area contributed by atoms with Crippen molar-refractivity contribution in [1.82, 2.24) is 0 Å². The molecule has 0 saturated carbocycles. The average Bonchev–Trinajstić information content (AvgIpc) is 2.03. The summed E-state index contributed by atoms with van der Waals surface area (Å²) in [4.78, 5) is 0. The van der Waals surface area contributed by atoms with Crippen LogP contribution in [0.3, 0.4) is 0 Å². The van der Waals surface area contributed by atoms with Crippen LogP contribution in [0.4, 0.5) is 0 Å². The van der Waals surface area contributed by atoms with Crippen molar-refractivity contribution in [2.24, 2.45) is 0 Å². The number of hydrogen-bond donors (Lipinski definition) is 0. The van der Waals surface area contributed by atoms with Gasteiger partial charge in [0.1, 0.15) is 0 Å². The van der Waals surface area contributed by atoms with Gasteiger partial charge in [-0.1, -0.05) is 0 Å². The molecule has 0 aromatic carbocycles. The molecule has 11 heavy (non-hydrogen) atoms. The number of rotatable bonds is 2. The first-order chi connectivity index (χ1) is 4.93. The van der Waals surface area contributed by atoms with Crippen molar-refractivity contribution in [3.8, 4) is 5.92 Å². The Bertz CT molecular complexity index is 125. The van der Waals surface area contributed by atoms with Gasteiger partial charge in [0.05, 0.1) is 6.61 Å². The summed E-state index contributed by atoms with van der Waals surface area (Å²) in [5.41, 5.74) is 0. The Balaban J connectivity index is 0.000001000. The fourth-order valence-electron chi connectivity index (χ4n) is 0.977. The van der Waals surface area contributed by atoms with Crippen LogP contribution in [0.1, 0.15) is 19.3 Å². The van der Waals surface area contributed by atoms with Crippen molar-refractivity contribution in [2.45, 2.75) is 25.6 Å². The van der Waals surface area contributed by atoms with Crippen LogP contribution >= 0.6 is 0 Å². The van der Waals surface area contributed by atoms with Crippen molar-refractivity contribution in [3.05, 3.63) is 6.42 Å². The first-order valence-corrected chi connectivity index (χ1v) is 3.56. The predicted molar refractivity (Wildman–Crippen MR) is 36.7 cm³/mol. The van der Waals surface area contributed by atoms with Gasteiger partial charge in [0.15, 0.2) is 6.29 Å². The third kappa shape index (κ3) is 4.62. The fraction of sp³-hybridized carbons (Fsp3) is 0.750. The minimum Gasteiger partial charge on any atom is -0.691 e. The van der Waals surface area contributed by atoms with E-state index < -0.39 is 0 Å². The van der Waals surface area contributed by atoms with Gasteiger partial charge in [-0.3, -0.25) is 0 Å². The molecule has 0 radical (unpaired) electrons. The van der Waals surface area contributed by atoms with Gasteiger partial charge in [0.25, 0.3) is 0 Å². The van der Waals surface area contributed by atoms with Crippen LogP contribution in [0.15, 0.2) is 0 Å². The summed E-state index contributed by atoms with van der Waals surface area (Å²) >= 11 is 0. The van der Waals surface area contributed by atoms with E-state index in [2.05, 4.69) is 5.92 Å². The summed E-state index contributed by atoms with van der Waals surface area (Å²) in [6, 6.07) is 0. The first kappa shape index (κ1) is 11.2. The molecule has 1 heterocycles. The van der Waals surface area contributed by atoms with E-state index in [1.54, 1.807) is 0 Å². The smallest absolute Gasteiger partial charge is 0.691 e. The predicted octanol–water partition coefficient (Wildman–Crippen LogP) is 1.12. The van der Waals surface area contributed by atoms with Gasteiger partial charge < -0.3 is 21.8 Å². The molecule has 66 valence electrons. The Kier molecular flexibility index (Phi) is 7.04. The molecule has 1 unspecified atom stereocenters. The summed E-state index contributed by atoms with van der Waals surface area (Å²) in [5.74, 6) is 2.16. The first-order valence-electron chi connectivity index (χ1n) is 3.56. The molecule has 1 aliphatic rings. The second-order valence-corrected chi connectivity index (χ2v) is 2.28. The Morgan fingerprint density at radius 3 is 2.91 bits per heavy atom. The van der Waals surface area contributed by atoms with E-state index in [4.69, 9.17) is 15.9 Å². The molecule has 0 spiro atoms. The van der Waals surface area contributed by atoms with Crippen LogP contribution in [0.25, 0.3) is 0 Å². The molecule has 1 aliphatic heterocycles. The van der Waals surface area contributed by atoms with Crippen molar-refractivity contribution < 1.29 is 31.9 Å². The molecule has 0 N–H and O–H groups in total. The fourth-order valence-corrected chi connectivity index (χ4v) is 0.977. The molecule has 0 bridgehead atoms. The van der Waals surface area contributed by atoms with Crippen LogP contribution in [-0.4, -0.2) is 19.5 Å². The zero-order valence-corrected chi connectivity index (χ0v) is 7.71. The van der Waals surface area contributed by atoms with Gasteiger partial charge in [-0.25, -0.2) is 0 Å². The summed E-state index contributed by atoms with van der Waals surface area (Å²) in [5, 5.41) is 0. The SMILES string of the molecule is [Ag+].[C-]#CCOC1CCCCO1. The van der Waals surface area contributed by atoms with Crippen molar-refractivity contribution in [2.75, 3.05) is 13.2 Å². The summed E-state index contributed by atoms with van der Waals surface area (Å²) in [6.07, 6.45) is 9.78. The Labute approximate surface area is 83.1 Å². The minimum atomic E-state index is -0.0772. The van der Waals surface area contributed by atoms with Gasteiger partial charge in [-0.2, -0.15) is 0 Å². The van der Waals surface area contributed by atoms with Crippen LogP contribution in [-0.2, 0) is 31.9 Å². The van der Waals surface area contributed by atoms with Crippen molar-refractivity contribution >= 4 is 0 Å². The van der Waals surface area contributed by atoms with Gasteiger partial charge in [0.2, 0.25) is 0 Å². The van der Waals surface area contributed by atoms with Crippen LogP contribution in [0.2, 0.25) is 0 Å². The molecule has 1 rings (SSSR count). The normalized spacial score (nSPS) is 23.4. The molecule has 1 atom stereocenters. The Hall–Kier alpha value is 0.220.